The van der Waals surface area contributed by atoms with E-state index in [0.29, 0.717) is 64.2 Å². The highest BCUT2D eigenvalue weighted by Crippen LogP contribution is 2.58. The molecule has 5 aromatic rings. The average molecular weight is 1990 g/mol. The quantitative estimate of drug-likeness (QED) is 0.0241. The summed E-state index contributed by atoms with van der Waals surface area (Å²) in [6, 6.07) is 38.8. The first-order valence-corrected chi connectivity index (χ1v) is 52.2. The predicted octanol–water partition coefficient (Wildman–Crippen LogP) is 43.2. The SMILES string of the molecule is C#CC(C)C.C=CCC(C)C.CC(C)C(C)(C)C(Cl)(Cl)Cl.CC(C)C(C)C.CC(C)C1CC(F)(F)C1(F)F.CC(C)C1CCCC1.CC(C)CC(C)(C)C.CC(C)CC(C)C.CC(C)CCF.CC(C)c1ccc(F)cc1.CC(C)c1cccc(C(F)(F)F)c1.CC(C)c1ccccc1.CCCC(C)(C)C.COC(=O)c1ccc(C(C)C)cc1.COCCC(C)C.Cc1cccc(C(C)C)c1. The second-order valence-electron chi connectivity index (χ2n) is 45.2. The molecule has 2 aliphatic rings. The van der Waals surface area contributed by atoms with Gasteiger partial charge < -0.3 is 9.47 Å². The number of aryl methyl sites for hydroxylation is 1. The van der Waals surface area contributed by atoms with E-state index in [1.807, 2.05) is 106 Å². The van der Waals surface area contributed by atoms with Gasteiger partial charge in [0, 0.05) is 37.4 Å². The van der Waals surface area contributed by atoms with Crippen molar-refractivity contribution in [2.75, 3.05) is 27.5 Å². The number of hydrogen-bond donors (Lipinski definition) is 0. The summed E-state index contributed by atoms with van der Waals surface area (Å²) in [5, 5.41) is 0. The van der Waals surface area contributed by atoms with Gasteiger partial charge in [0.1, 0.15) is 5.82 Å². The first-order chi connectivity index (χ1) is 61.9. The van der Waals surface area contributed by atoms with Crippen molar-refractivity contribution in [3.8, 4) is 12.3 Å². The van der Waals surface area contributed by atoms with Crippen LogP contribution in [-0.2, 0) is 15.7 Å². The average Bonchev–Trinajstić information content (AvgIpc) is 0.768. The minimum atomic E-state index is -4.23. The van der Waals surface area contributed by atoms with Gasteiger partial charge in [-0.05, 0) is 215 Å². The number of methoxy groups -OCH3 is 2. The molecule has 1 unspecified atom stereocenters. The van der Waals surface area contributed by atoms with E-state index < -0.39 is 39.7 Å². The maximum absolute atomic E-state index is 12.5. The van der Waals surface area contributed by atoms with E-state index in [2.05, 4.69) is 287 Å². The van der Waals surface area contributed by atoms with Gasteiger partial charge in [-0.3, -0.25) is 4.39 Å². The zero-order chi connectivity index (χ0) is 109. The standard InChI is InChI=1S/C11H14O2.C10H11F3.C10H14.C9H11F.C9H12.C8H16.C8H18.C7H13Cl3.C7H10F4.2C7H16.C6H14O.C6H14.C6H12.C5H11F.C5H8/c1-8(2)9-4-6-10(7-5-9)11(12)13-3;1-7(2)8-4-3-5-9(6-8)10(11,12)13;1-8(2)10-6-4-5-9(3)7-10;1-7(2)8-3-5-9(10)6-4-8;1-8(2)9-6-4-3-5-7-9;1-7(2)8-5-3-4-6-8;1-7(2)6-8(3,4)5;1-5(2)6(3,4)7(8,9)10;1-4(2)5-3-6(8,9)7(5,10)11;1-6(2)5-7(3)4;1-5-6-7(2,3)4;1-6(2)4-5-7-3;1-5(2)6(3)4;1-4-5-6(2)3;1-5(2)3-4-6;1-4-5(2)3/h4-8H,1-3H3;3-7H,1-2H3;4-8H,1-3H3;3-7H,1-2H3;3-8H,1-2H3;7-8H,3-6H2,1-2H3;7H,6H2,1-5H3;5H,1-4H3;4-5H,3H2,1-2H3;6-7H,5H2,1-4H3;5-6H2,1-4H3;6H,4-5H2,1-3H3;5-6H,1-4H3;4,6H,1,5H2,2-3H3;5H,3-4H2,1-2H3;1,5H,2-3H3. The molecular formula is C121H210Cl3F9O3. The van der Waals surface area contributed by atoms with Crippen molar-refractivity contribution in [2.45, 2.75) is 433 Å². The largest absolute Gasteiger partial charge is 0.465 e. The van der Waals surface area contributed by atoms with Crippen LogP contribution < -0.4 is 0 Å². The van der Waals surface area contributed by atoms with Crippen LogP contribution in [0, 0.1) is 124 Å². The first-order valence-electron chi connectivity index (χ1n) is 51.0. The Morgan fingerprint density at radius 3 is 1.07 bits per heavy atom. The van der Waals surface area contributed by atoms with Crippen LogP contribution in [-0.4, -0.2) is 49.1 Å². The number of alkyl halides is 11. The van der Waals surface area contributed by atoms with Gasteiger partial charge in [-0.1, -0.05) is 473 Å². The molecule has 0 saturated heterocycles. The third-order valence-electron chi connectivity index (χ3n) is 22.2. The van der Waals surface area contributed by atoms with Crippen LogP contribution in [0.15, 0.2) is 140 Å². The van der Waals surface area contributed by atoms with Gasteiger partial charge >= 0.3 is 24.0 Å². The third-order valence-corrected chi connectivity index (χ3v) is 23.7. The van der Waals surface area contributed by atoms with Crippen LogP contribution in [0.3, 0.4) is 0 Å². The predicted molar refractivity (Wildman–Crippen MR) is 590 cm³/mol. The van der Waals surface area contributed by atoms with Gasteiger partial charge in [-0.15, -0.1) is 18.9 Å². The van der Waals surface area contributed by atoms with Crippen molar-refractivity contribution in [2.24, 2.45) is 99.1 Å². The number of hydrogen-bond acceptors (Lipinski definition) is 3. The molecule has 0 radical (unpaired) electrons. The number of esters is 1. The lowest BCUT2D eigenvalue weighted by Gasteiger charge is -2.45. The molecule has 7 rings (SSSR count). The molecule has 0 aliphatic heterocycles. The summed E-state index contributed by atoms with van der Waals surface area (Å²) in [5.41, 5.74) is 8.17. The maximum atomic E-state index is 12.5. The molecule has 0 spiro atoms. The molecule has 3 nitrogen and oxygen atoms in total. The molecule has 2 aliphatic carbocycles. The molecule has 796 valence electrons. The molecule has 15 heteroatoms. The molecule has 136 heavy (non-hydrogen) atoms. The summed E-state index contributed by atoms with van der Waals surface area (Å²) in [7, 11) is 3.13. The van der Waals surface area contributed by atoms with Crippen molar-refractivity contribution in [3.05, 3.63) is 190 Å². The van der Waals surface area contributed by atoms with Gasteiger partial charge in [0.05, 0.1) is 24.9 Å². The summed E-state index contributed by atoms with van der Waals surface area (Å²) in [6.45, 7) is 98.4. The second-order valence-corrected chi connectivity index (χ2v) is 47.5. The summed E-state index contributed by atoms with van der Waals surface area (Å²) in [6.07, 6.45) is 16.3. The first kappa shape index (κ1) is 149. The van der Waals surface area contributed by atoms with Gasteiger partial charge in [-0.25, -0.2) is 9.18 Å². The fourth-order valence-corrected chi connectivity index (χ4v) is 12.7. The van der Waals surface area contributed by atoms with E-state index in [4.69, 9.17) is 46.0 Å². The number of ether oxygens (including phenoxy) is 2. The highest BCUT2D eigenvalue weighted by Gasteiger charge is 2.72. The monoisotopic (exact) mass is 1990 g/mol. The Hall–Kier alpha value is -4.93. The van der Waals surface area contributed by atoms with Crippen molar-refractivity contribution in [1.29, 1.82) is 0 Å². The van der Waals surface area contributed by atoms with Gasteiger partial charge in [0.25, 0.3) is 0 Å². The molecule has 0 bridgehead atoms. The van der Waals surface area contributed by atoms with Crippen molar-refractivity contribution in [1.82, 2.24) is 0 Å². The number of rotatable bonds is 21. The number of terminal acetylenes is 1. The smallest absolute Gasteiger partial charge is 0.416 e. The Kier molecular flexibility index (Phi) is 89.2. The summed E-state index contributed by atoms with van der Waals surface area (Å²) in [5.74, 6) is 4.61. The molecule has 0 N–H and O–H groups in total. The lowest BCUT2D eigenvalue weighted by molar-refractivity contribution is -0.322. The molecule has 2 fully saturated rings. The summed E-state index contributed by atoms with van der Waals surface area (Å²) >= 11 is 17.3. The zero-order valence-electron chi connectivity index (χ0n) is 95.6. The molecule has 2 saturated carbocycles. The van der Waals surface area contributed by atoms with Crippen LogP contribution in [0.1, 0.15) is 454 Å². The Morgan fingerprint density at radius 1 is 0.507 bits per heavy atom. The van der Waals surface area contributed by atoms with Gasteiger partial charge in [0.2, 0.25) is 0 Å². The minimum absolute atomic E-state index is 0.127. The van der Waals surface area contributed by atoms with Crippen LogP contribution in [0.25, 0.3) is 0 Å². The normalized spacial score (nSPS) is 13.5. The topological polar surface area (TPSA) is 35.5 Å². The third kappa shape index (κ3) is 89.2. The van der Waals surface area contributed by atoms with E-state index in [-0.39, 0.29) is 35.7 Å². The fourth-order valence-electron chi connectivity index (χ4n) is 12.0. The van der Waals surface area contributed by atoms with E-state index in [1.54, 1.807) is 25.3 Å². The van der Waals surface area contributed by atoms with E-state index >= 15 is 0 Å². The summed E-state index contributed by atoms with van der Waals surface area (Å²) < 4.78 is 118. The Balaban J connectivity index is -0.000000182. The number of benzene rings is 5. The van der Waals surface area contributed by atoms with Gasteiger partial charge in [0.15, 0.2) is 3.79 Å². The number of carbonyl (C=O) groups is 1. The molecular weight excluding hydrogens is 1780 g/mol. The second kappa shape index (κ2) is 81.5. The van der Waals surface area contributed by atoms with E-state index in [0.717, 1.165) is 77.9 Å². The zero-order valence-corrected chi connectivity index (χ0v) is 97.9. The minimum Gasteiger partial charge on any atom is -0.465 e. The lowest BCUT2D eigenvalue weighted by atomic mass is 9.70. The molecule has 0 amide bonds. The fraction of sp³-hybridized carbons (Fsp3) is 0.711. The Morgan fingerprint density at radius 2 is 0.890 bits per heavy atom. The molecule has 0 aromatic heterocycles. The molecule has 0 heterocycles. The van der Waals surface area contributed by atoms with Crippen molar-refractivity contribution < 1.29 is 53.8 Å². The highest BCUT2D eigenvalue weighted by atomic mass is 35.6. The van der Waals surface area contributed by atoms with E-state index in [1.165, 1.54) is 131 Å². The molecule has 1 atom stereocenters. The number of halogens is 12. The Labute approximate surface area is 851 Å². The highest BCUT2D eigenvalue weighted by molar-refractivity contribution is 6.68. The van der Waals surface area contributed by atoms with Crippen molar-refractivity contribution in [3.63, 3.8) is 0 Å². The van der Waals surface area contributed by atoms with Gasteiger partial charge in [-0.2, -0.15) is 30.7 Å². The van der Waals surface area contributed by atoms with Crippen LogP contribution in [0.2, 0.25) is 0 Å². The Bertz CT molecular complexity index is 3560. The number of carbonyl (C=O) groups excluding carboxylic acids is 1. The van der Waals surface area contributed by atoms with Crippen LogP contribution in [0.4, 0.5) is 39.5 Å². The van der Waals surface area contributed by atoms with Crippen LogP contribution >= 0.6 is 34.8 Å². The molecule has 5 aromatic carbocycles. The summed E-state index contributed by atoms with van der Waals surface area (Å²) in [4.78, 5) is 11.1. The number of allylic oxidation sites excluding steroid dienone is 1. The van der Waals surface area contributed by atoms with E-state index in [9.17, 15) is 44.3 Å². The van der Waals surface area contributed by atoms with Crippen molar-refractivity contribution >= 4 is 40.8 Å². The lowest BCUT2D eigenvalue weighted by Crippen LogP contribution is -2.60. The maximum Gasteiger partial charge on any atom is 0.416 e. The van der Waals surface area contributed by atoms with Crippen LogP contribution in [0.5, 0.6) is 0 Å².